The van der Waals surface area contributed by atoms with Crippen LogP contribution in [-0.4, -0.2) is 31.5 Å². The minimum absolute atomic E-state index is 0.208. The number of ether oxygens (including phenoxy) is 2. The first-order valence-electron chi connectivity index (χ1n) is 7.26. The van der Waals surface area contributed by atoms with Crippen molar-refractivity contribution in [1.82, 2.24) is 0 Å². The Morgan fingerprint density at radius 2 is 1.82 bits per heavy atom. The monoisotopic (exact) mass is 239 g/mol. The van der Waals surface area contributed by atoms with E-state index >= 15 is 0 Å². The van der Waals surface area contributed by atoms with Gasteiger partial charge in [0.1, 0.15) is 0 Å². The molecule has 1 saturated carbocycles. The second kappa shape index (κ2) is 4.87. The summed E-state index contributed by atoms with van der Waals surface area (Å²) in [6, 6.07) is 0.332. The summed E-state index contributed by atoms with van der Waals surface area (Å²) < 4.78 is 11.6. The van der Waals surface area contributed by atoms with Gasteiger partial charge in [0.25, 0.3) is 0 Å². The highest BCUT2D eigenvalue weighted by molar-refractivity contribution is 4.95. The van der Waals surface area contributed by atoms with E-state index in [-0.39, 0.29) is 5.60 Å². The zero-order chi connectivity index (χ0) is 11.7. The maximum Gasteiger partial charge on any atom is 0.0685 e. The Labute approximate surface area is 104 Å². The Hall–Kier alpha value is -0.120. The van der Waals surface area contributed by atoms with Gasteiger partial charge in [0.2, 0.25) is 0 Å². The van der Waals surface area contributed by atoms with Crippen LogP contribution in [-0.2, 0) is 9.47 Å². The third kappa shape index (κ3) is 2.38. The molecule has 0 bridgehead atoms. The molecule has 0 amide bonds. The van der Waals surface area contributed by atoms with Crippen LogP contribution in [0.5, 0.6) is 0 Å². The van der Waals surface area contributed by atoms with Crippen molar-refractivity contribution in [3.63, 3.8) is 0 Å². The third-order valence-electron chi connectivity index (χ3n) is 5.10. The van der Waals surface area contributed by atoms with Crippen LogP contribution in [0.4, 0.5) is 0 Å². The average Bonchev–Trinajstić information content (AvgIpc) is 3.00. The zero-order valence-corrected chi connectivity index (χ0v) is 10.7. The van der Waals surface area contributed by atoms with E-state index in [2.05, 4.69) is 0 Å². The molecule has 3 atom stereocenters. The Morgan fingerprint density at radius 3 is 2.53 bits per heavy atom. The maximum absolute atomic E-state index is 6.47. The van der Waals surface area contributed by atoms with Gasteiger partial charge in [-0.3, -0.25) is 0 Å². The molecular formula is C14H25NO2. The van der Waals surface area contributed by atoms with Crippen LogP contribution in [0.2, 0.25) is 0 Å². The first kappa shape index (κ1) is 11.9. The molecule has 3 unspecified atom stereocenters. The summed E-state index contributed by atoms with van der Waals surface area (Å²) >= 11 is 0. The highest BCUT2D eigenvalue weighted by Crippen LogP contribution is 2.43. The summed E-state index contributed by atoms with van der Waals surface area (Å²) in [6.45, 7) is 2.71. The molecule has 3 rings (SSSR count). The van der Waals surface area contributed by atoms with Gasteiger partial charge in [-0.05, 0) is 43.9 Å². The molecule has 3 fully saturated rings. The molecule has 3 aliphatic rings. The molecule has 1 aliphatic carbocycles. The highest BCUT2D eigenvalue weighted by Gasteiger charge is 2.42. The zero-order valence-electron chi connectivity index (χ0n) is 10.7. The first-order valence-corrected chi connectivity index (χ1v) is 7.26. The van der Waals surface area contributed by atoms with Crippen molar-refractivity contribution in [3.8, 4) is 0 Å². The smallest absolute Gasteiger partial charge is 0.0685 e. The van der Waals surface area contributed by atoms with Gasteiger partial charge >= 0.3 is 0 Å². The second-order valence-electron chi connectivity index (χ2n) is 6.19. The summed E-state index contributed by atoms with van der Waals surface area (Å²) in [7, 11) is 0. The lowest BCUT2D eigenvalue weighted by Crippen LogP contribution is -2.46. The second-order valence-corrected chi connectivity index (χ2v) is 6.19. The van der Waals surface area contributed by atoms with E-state index in [1.165, 1.54) is 32.1 Å². The van der Waals surface area contributed by atoms with Gasteiger partial charge in [-0.2, -0.15) is 0 Å². The molecule has 1 spiro atoms. The van der Waals surface area contributed by atoms with Crippen LogP contribution in [0.25, 0.3) is 0 Å². The maximum atomic E-state index is 6.47. The van der Waals surface area contributed by atoms with Gasteiger partial charge in [-0.1, -0.05) is 12.8 Å². The number of hydrogen-bond acceptors (Lipinski definition) is 3. The van der Waals surface area contributed by atoms with Gasteiger partial charge in [-0.25, -0.2) is 0 Å². The van der Waals surface area contributed by atoms with E-state index in [1.807, 2.05) is 0 Å². The van der Waals surface area contributed by atoms with Crippen LogP contribution >= 0.6 is 0 Å². The lowest BCUT2D eigenvalue weighted by Gasteiger charge is -2.41. The highest BCUT2D eigenvalue weighted by atomic mass is 16.5. The summed E-state index contributed by atoms with van der Waals surface area (Å²) in [4.78, 5) is 0. The summed E-state index contributed by atoms with van der Waals surface area (Å²) in [6.07, 6.45) is 8.72. The Kier molecular flexibility index (Phi) is 3.42. The topological polar surface area (TPSA) is 44.5 Å². The fourth-order valence-electron chi connectivity index (χ4n) is 4.00. The van der Waals surface area contributed by atoms with Crippen molar-refractivity contribution >= 4 is 0 Å². The summed E-state index contributed by atoms with van der Waals surface area (Å²) in [5, 5.41) is 0. The predicted molar refractivity (Wildman–Crippen MR) is 66.8 cm³/mol. The van der Waals surface area contributed by atoms with Gasteiger partial charge < -0.3 is 15.2 Å². The summed E-state index contributed by atoms with van der Waals surface area (Å²) in [5.74, 6) is 1.25. The molecule has 0 aromatic rings. The molecular weight excluding hydrogens is 214 g/mol. The molecule has 2 aliphatic heterocycles. The van der Waals surface area contributed by atoms with Gasteiger partial charge in [-0.15, -0.1) is 0 Å². The number of hydrogen-bond donors (Lipinski definition) is 1. The molecule has 3 nitrogen and oxygen atoms in total. The van der Waals surface area contributed by atoms with Gasteiger partial charge in [0, 0.05) is 19.3 Å². The van der Waals surface area contributed by atoms with E-state index < -0.39 is 0 Å². The predicted octanol–water partition coefficient (Wildman–Crippen LogP) is 2.09. The minimum Gasteiger partial charge on any atom is -0.381 e. The van der Waals surface area contributed by atoms with E-state index in [1.54, 1.807) is 0 Å². The first-order chi connectivity index (χ1) is 8.29. The fourth-order valence-corrected chi connectivity index (χ4v) is 4.00. The molecule has 0 aromatic heterocycles. The van der Waals surface area contributed by atoms with Crippen molar-refractivity contribution in [2.24, 2.45) is 17.6 Å². The lowest BCUT2D eigenvalue weighted by atomic mass is 9.77. The van der Waals surface area contributed by atoms with Crippen LogP contribution in [0.15, 0.2) is 0 Å². The normalized spacial score (nSPS) is 38.6. The SMILES string of the molecule is NC(C1CCOC1)C1CCOC2(CCCC2)C1. The van der Waals surface area contributed by atoms with Crippen LogP contribution in [0, 0.1) is 11.8 Å². The third-order valence-corrected chi connectivity index (χ3v) is 5.10. The van der Waals surface area contributed by atoms with Crippen LogP contribution in [0.1, 0.15) is 44.9 Å². The van der Waals surface area contributed by atoms with E-state index in [9.17, 15) is 0 Å². The van der Waals surface area contributed by atoms with Crippen molar-refractivity contribution in [1.29, 1.82) is 0 Å². The summed E-state index contributed by atoms with van der Waals surface area (Å²) in [5.41, 5.74) is 6.68. The van der Waals surface area contributed by atoms with E-state index in [0.29, 0.717) is 17.9 Å². The fraction of sp³-hybridized carbons (Fsp3) is 1.00. The van der Waals surface area contributed by atoms with E-state index in [4.69, 9.17) is 15.2 Å². The molecule has 98 valence electrons. The molecule has 3 heteroatoms. The van der Waals surface area contributed by atoms with E-state index in [0.717, 1.165) is 32.7 Å². The number of rotatable bonds is 2. The Morgan fingerprint density at radius 1 is 1.06 bits per heavy atom. The number of nitrogens with two attached hydrogens (primary N) is 1. The molecule has 2 saturated heterocycles. The van der Waals surface area contributed by atoms with Crippen molar-refractivity contribution in [3.05, 3.63) is 0 Å². The molecule has 0 aromatic carbocycles. The van der Waals surface area contributed by atoms with Gasteiger partial charge in [0.05, 0.1) is 12.2 Å². The average molecular weight is 239 g/mol. The van der Waals surface area contributed by atoms with Crippen LogP contribution < -0.4 is 5.73 Å². The standard InChI is InChI=1S/C14H25NO2/c15-13(12-3-7-16-10-12)11-4-8-17-14(9-11)5-1-2-6-14/h11-13H,1-10,15H2. The quantitative estimate of drug-likeness (QED) is 0.802. The molecule has 17 heavy (non-hydrogen) atoms. The van der Waals surface area contributed by atoms with Crippen molar-refractivity contribution < 1.29 is 9.47 Å². The largest absolute Gasteiger partial charge is 0.381 e. The molecule has 0 radical (unpaired) electrons. The van der Waals surface area contributed by atoms with Gasteiger partial charge in [0.15, 0.2) is 0 Å². The Bertz CT molecular complexity index is 257. The van der Waals surface area contributed by atoms with Crippen molar-refractivity contribution in [2.45, 2.75) is 56.6 Å². The molecule has 2 N–H and O–H groups in total. The molecule has 2 heterocycles. The lowest BCUT2D eigenvalue weighted by molar-refractivity contribution is -0.0987. The van der Waals surface area contributed by atoms with Crippen LogP contribution in [0.3, 0.4) is 0 Å². The van der Waals surface area contributed by atoms with Crippen molar-refractivity contribution in [2.75, 3.05) is 19.8 Å². The Balaban J connectivity index is 1.62. The minimum atomic E-state index is 0.208.